The van der Waals surface area contributed by atoms with Gasteiger partial charge in [0.1, 0.15) is 5.65 Å². The number of pyridine rings is 1. The first-order valence-corrected chi connectivity index (χ1v) is 7.12. The number of hydrogen-bond donors (Lipinski definition) is 1. The Morgan fingerprint density at radius 1 is 1.25 bits per heavy atom. The van der Waals surface area contributed by atoms with E-state index in [1.807, 2.05) is 45.2 Å². The maximum atomic E-state index is 5.51. The van der Waals surface area contributed by atoms with Gasteiger partial charge >= 0.3 is 0 Å². The van der Waals surface area contributed by atoms with Crippen LogP contribution in [0.25, 0.3) is 5.65 Å². The third-order valence-electron chi connectivity index (χ3n) is 3.14. The first kappa shape index (κ1) is 15.0. The van der Waals surface area contributed by atoms with E-state index in [0.29, 0.717) is 19.8 Å². The lowest BCUT2D eigenvalue weighted by molar-refractivity contribution is -0.133. The normalized spacial score (nSPS) is 11.6. The summed E-state index contributed by atoms with van der Waals surface area (Å²) in [5, 5.41) is 3.38. The first-order valence-electron chi connectivity index (χ1n) is 7.12. The van der Waals surface area contributed by atoms with Gasteiger partial charge in [-0.15, -0.1) is 0 Å². The van der Waals surface area contributed by atoms with Crippen molar-refractivity contribution in [3.05, 3.63) is 35.8 Å². The van der Waals surface area contributed by atoms with Crippen LogP contribution in [0.2, 0.25) is 0 Å². The van der Waals surface area contributed by atoms with Crippen molar-refractivity contribution in [1.82, 2.24) is 14.7 Å². The summed E-state index contributed by atoms with van der Waals surface area (Å²) in [5.74, 6) is 0. The van der Waals surface area contributed by atoms with Gasteiger partial charge in [0, 0.05) is 32.5 Å². The number of ether oxygens (including phenoxy) is 2. The van der Waals surface area contributed by atoms with Gasteiger partial charge in [0.05, 0.1) is 11.4 Å². The Balaban J connectivity index is 1.97. The minimum atomic E-state index is -0.190. The van der Waals surface area contributed by atoms with Crippen LogP contribution >= 0.6 is 0 Å². The number of imidazole rings is 1. The average molecular weight is 277 g/mol. The van der Waals surface area contributed by atoms with Crippen molar-refractivity contribution in [2.75, 3.05) is 19.8 Å². The molecule has 0 bridgehead atoms. The van der Waals surface area contributed by atoms with Crippen LogP contribution in [0.1, 0.15) is 25.2 Å². The SMILES string of the molecule is CCOC(CNCc1c(C)nc2ccccn12)OCC. The molecule has 0 aliphatic rings. The lowest BCUT2D eigenvalue weighted by atomic mass is 10.3. The molecule has 2 aromatic rings. The smallest absolute Gasteiger partial charge is 0.169 e. The molecule has 0 saturated carbocycles. The summed E-state index contributed by atoms with van der Waals surface area (Å²) in [5.41, 5.74) is 3.20. The number of aromatic nitrogens is 2. The summed E-state index contributed by atoms with van der Waals surface area (Å²) in [6.45, 7) is 8.70. The van der Waals surface area contributed by atoms with Crippen LogP contribution in [0.15, 0.2) is 24.4 Å². The van der Waals surface area contributed by atoms with Gasteiger partial charge in [-0.2, -0.15) is 0 Å². The molecule has 1 N–H and O–H groups in total. The second-order valence-electron chi connectivity index (χ2n) is 4.54. The highest BCUT2D eigenvalue weighted by molar-refractivity contribution is 5.42. The van der Waals surface area contributed by atoms with Crippen molar-refractivity contribution < 1.29 is 9.47 Å². The van der Waals surface area contributed by atoms with Gasteiger partial charge in [0.2, 0.25) is 0 Å². The molecule has 0 aromatic carbocycles. The quantitative estimate of drug-likeness (QED) is 0.751. The molecule has 0 amide bonds. The first-order chi connectivity index (χ1) is 9.76. The molecule has 0 saturated heterocycles. The molecule has 0 aliphatic carbocycles. The Hall–Kier alpha value is -1.43. The molecule has 2 rings (SSSR count). The Labute approximate surface area is 119 Å². The molecule has 0 atom stereocenters. The summed E-state index contributed by atoms with van der Waals surface area (Å²) in [7, 11) is 0. The zero-order valence-corrected chi connectivity index (χ0v) is 12.4. The Bertz CT molecular complexity index is 533. The largest absolute Gasteiger partial charge is 0.352 e. The minimum Gasteiger partial charge on any atom is -0.352 e. The van der Waals surface area contributed by atoms with Crippen molar-refractivity contribution >= 4 is 5.65 Å². The van der Waals surface area contributed by atoms with Gasteiger partial charge in [-0.25, -0.2) is 4.98 Å². The molecular weight excluding hydrogens is 254 g/mol. The second kappa shape index (κ2) is 7.38. The predicted octanol–water partition coefficient (Wildman–Crippen LogP) is 2.13. The second-order valence-corrected chi connectivity index (χ2v) is 4.54. The molecule has 20 heavy (non-hydrogen) atoms. The average Bonchev–Trinajstić information content (AvgIpc) is 2.76. The van der Waals surface area contributed by atoms with E-state index < -0.39 is 0 Å². The van der Waals surface area contributed by atoms with Crippen molar-refractivity contribution in [1.29, 1.82) is 0 Å². The topological polar surface area (TPSA) is 47.8 Å². The summed E-state index contributed by atoms with van der Waals surface area (Å²) >= 11 is 0. The molecular formula is C15H23N3O2. The summed E-state index contributed by atoms with van der Waals surface area (Å²) in [6.07, 6.45) is 1.85. The Morgan fingerprint density at radius 3 is 2.70 bits per heavy atom. The van der Waals surface area contributed by atoms with E-state index in [2.05, 4.69) is 14.7 Å². The van der Waals surface area contributed by atoms with E-state index in [9.17, 15) is 0 Å². The molecule has 0 fully saturated rings. The molecule has 5 heteroatoms. The monoisotopic (exact) mass is 277 g/mol. The van der Waals surface area contributed by atoms with Gasteiger partial charge in [-0.05, 0) is 32.9 Å². The van der Waals surface area contributed by atoms with Crippen LogP contribution in [0.4, 0.5) is 0 Å². The van der Waals surface area contributed by atoms with Crippen molar-refractivity contribution in [3.63, 3.8) is 0 Å². The molecule has 0 spiro atoms. The third kappa shape index (κ3) is 3.56. The zero-order chi connectivity index (χ0) is 14.4. The summed E-state index contributed by atoms with van der Waals surface area (Å²) < 4.78 is 13.1. The van der Waals surface area contributed by atoms with Gasteiger partial charge in [0.25, 0.3) is 0 Å². The molecule has 2 aromatic heterocycles. The Kier molecular flexibility index (Phi) is 5.52. The molecule has 0 radical (unpaired) electrons. The molecule has 5 nitrogen and oxygen atoms in total. The third-order valence-corrected chi connectivity index (χ3v) is 3.14. The van der Waals surface area contributed by atoms with Crippen LogP contribution in [0.3, 0.4) is 0 Å². The highest BCUT2D eigenvalue weighted by atomic mass is 16.7. The maximum Gasteiger partial charge on any atom is 0.169 e. The van der Waals surface area contributed by atoms with E-state index in [0.717, 1.165) is 17.9 Å². The molecule has 110 valence electrons. The summed E-state index contributed by atoms with van der Waals surface area (Å²) in [4.78, 5) is 4.54. The van der Waals surface area contributed by atoms with E-state index in [-0.39, 0.29) is 6.29 Å². The van der Waals surface area contributed by atoms with Crippen LogP contribution in [0.5, 0.6) is 0 Å². The van der Waals surface area contributed by atoms with E-state index in [1.54, 1.807) is 0 Å². The number of rotatable bonds is 8. The van der Waals surface area contributed by atoms with Gasteiger partial charge in [-0.3, -0.25) is 0 Å². The van der Waals surface area contributed by atoms with Gasteiger partial charge in [0.15, 0.2) is 6.29 Å². The highest BCUT2D eigenvalue weighted by Crippen LogP contribution is 2.11. The molecule has 0 aliphatic heterocycles. The number of hydrogen-bond acceptors (Lipinski definition) is 4. The fourth-order valence-corrected chi connectivity index (χ4v) is 2.22. The lowest BCUT2D eigenvalue weighted by Crippen LogP contribution is -2.31. The zero-order valence-electron chi connectivity index (χ0n) is 12.4. The van der Waals surface area contributed by atoms with E-state index >= 15 is 0 Å². The number of aryl methyl sites for hydroxylation is 1. The maximum absolute atomic E-state index is 5.51. The van der Waals surface area contributed by atoms with Crippen molar-refractivity contribution in [2.45, 2.75) is 33.6 Å². The van der Waals surface area contributed by atoms with Gasteiger partial charge < -0.3 is 19.2 Å². The van der Waals surface area contributed by atoms with E-state index in [4.69, 9.17) is 9.47 Å². The highest BCUT2D eigenvalue weighted by Gasteiger charge is 2.10. The van der Waals surface area contributed by atoms with Crippen LogP contribution in [0, 0.1) is 6.92 Å². The van der Waals surface area contributed by atoms with Crippen molar-refractivity contribution in [3.8, 4) is 0 Å². The van der Waals surface area contributed by atoms with Crippen LogP contribution < -0.4 is 5.32 Å². The summed E-state index contributed by atoms with van der Waals surface area (Å²) in [6, 6.07) is 6.03. The molecule has 2 heterocycles. The van der Waals surface area contributed by atoms with Crippen LogP contribution in [-0.4, -0.2) is 35.4 Å². The molecule has 0 unspecified atom stereocenters. The lowest BCUT2D eigenvalue weighted by Gasteiger charge is -2.17. The van der Waals surface area contributed by atoms with Crippen molar-refractivity contribution in [2.24, 2.45) is 0 Å². The predicted molar refractivity (Wildman–Crippen MR) is 78.7 cm³/mol. The number of fused-ring (bicyclic) bond motifs is 1. The fourth-order valence-electron chi connectivity index (χ4n) is 2.22. The van der Waals surface area contributed by atoms with Crippen LogP contribution in [-0.2, 0) is 16.0 Å². The fraction of sp³-hybridized carbons (Fsp3) is 0.533. The standard InChI is InChI=1S/C15H23N3O2/c1-4-19-15(20-5-2)11-16-10-13-12(3)17-14-8-6-7-9-18(13)14/h6-9,15-16H,4-5,10-11H2,1-3H3. The van der Waals surface area contributed by atoms with Gasteiger partial charge in [-0.1, -0.05) is 6.07 Å². The Morgan fingerprint density at radius 2 is 2.00 bits per heavy atom. The number of nitrogens with zero attached hydrogens (tertiary/aromatic N) is 2. The minimum absolute atomic E-state index is 0.190. The van der Waals surface area contributed by atoms with E-state index in [1.165, 1.54) is 5.69 Å². The number of nitrogens with one attached hydrogen (secondary N) is 1.